The fourth-order valence-corrected chi connectivity index (χ4v) is 2.30. The molecule has 0 spiro atoms. The molecule has 1 saturated carbocycles. The molecule has 0 aliphatic heterocycles. The SMILES string of the molecule is ClC1CC(Oc2cnc3ccccc3c2)C1. The van der Waals surface area contributed by atoms with Gasteiger partial charge in [-0.15, -0.1) is 11.6 Å². The summed E-state index contributed by atoms with van der Waals surface area (Å²) >= 11 is 5.91. The van der Waals surface area contributed by atoms with Gasteiger partial charge < -0.3 is 4.74 Å². The largest absolute Gasteiger partial charge is 0.489 e. The maximum Gasteiger partial charge on any atom is 0.138 e. The Labute approximate surface area is 99.2 Å². The first-order valence-corrected chi connectivity index (χ1v) is 5.90. The summed E-state index contributed by atoms with van der Waals surface area (Å²) in [6, 6.07) is 10.1. The molecule has 1 aromatic heterocycles. The van der Waals surface area contributed by atoms with Crippen molar-refractivity contribution in [3.05, 3.63) is 36.5 Å². The summed E-state index contributed by atoms with van der Waals surface area (Å²) in [4.78, 5) is 4.35. The molecule has 0 radical (unpaired) electrons. The summed E-state index contributed by atoms with van der Waals surface area (Å²) in [5, 5.41) is 1.40. The van der Waals surface area contributed by atoms with E-state index in [1.54, 1.807) is 6.20 Å². The third kappa shape index (κ3) is 1.85. The zero-order chi connectivity index (χ0) is 11.0. The number of benzene rings is 1. The van der Waals surface area contributed by atoms with Gasteiger partial charge >= 0.3 is 0 Å². The average molecular weight is 234 g/mol. The number of para-hydroxylation sites is 1. The smallest absolute Gasteiger partial charge is 0.138 e. The number of rotatable bonds is 2. The Hall–Kier alpha value is -1.28. The molecule has 3 heteroatoms. The fraction of sp³-hybridized carbons (Fsp3) is 0.308. The molecule has 0 amide bonds. The maximum atomic E-state index is 5.91. The highest BCUT2D eigenvalue weighted by Gasteiger charge is 2.28. The number of ether oxygens (including phenoxy) is 1. The third-order valence-electron chi connectivity index (χ3n) is 2.91. The highest BCUT2D eigenvalue weighted by Crippen LogP contribution is 2.30. The van der Waals surface area contributed by atoms with Crippen molar-refractivity contribution in [1.82, 2.24) is 4.98 Å². The van der Waals surface area contributed by atoms with Crippen LogP contribution in [0, 0.1) is 0 Å². The lowest BCUT2D eigenvalue weighted by atomic mass is 9.95. The normalized spacial score (nSPS) is 24.1. The minimum Gasteiger partial charge on any atom is -0.489 e. The van der Waals surface area contributed by atoms with Crippen molar-refractivity contribution in [2.45, 2.75) is 24.3 Å². The van der Waals surface area contributed by atoms with Gasteiger partial charge in [0, 0.05) is 23.6 Å². The van der Waals surface area contributed by atoms with Crippen LogP contribution in [0.2, 0.25) is 0 Å². The van der Waals surface area contributed by atoms with Gasteiger partial charge in [-0.25, -0.2) is 0 Å². The Balaban J connectivity index is 1.82. The first-order chi connectivity index (χ1) is 7.81. The third-order valence-corrected chi connectivity index (χ3v) is 3.26. The Kier molecular flexibility index (Phi) is 2.44. The number of pyridine rings is 1. The predicted octanol–water partition coefficient (Wildman–Crippen LogP) is 3.38. The van der Waals surface area contributed by atoms with Crippen LogP contribution in [0.15, 0.2) is 36.5 Å². The van der Waals surface area contributed by atoms with E-state index in [-0.39, 0.29) is 6.10 Å². The second-order valence-corrected chi connectivity index (χ2v) is 4.79. The molecule has 1 heterocycles. The van der Waals surface area contributed by atoms with Gasteiger partial charge in [0.05, 0.1) is 11.7 Å². The molecule has 16 heavy (non-hydrogen) atoms. The van der Waals surface area contributed by atoms with Gasteiger partial charge in [0.25, 0.3) is 0 Å². The van der Waals surface area contributed by atoms with Gasteiger partial charge in [-0.1, -0.05) is 18.2 Å². The Morgan fingerprint density at radius 3 is 2.88 bits per heavy atom. The molecular formula is C13H12ClNO. The Morgan fingerprint density at radius 2 is 2.06 bits per heavy atom. The minimum atomic E-state index is 0.269. The van der Waals surface area contributed by atoms with Gasteiger partial charge in [0.15, 0.2) is 0 Å². The van der Waals surface area contributed by atoms with Crippen molar-refractivity contribution in [2.24, 2.45) is 0 Å². The number of alkyl halides is 1. The average Bonchev–Trinajstić information content (AvgIpc) is 2.27. The van der Waals surface area contributed by atoms with Crippen LogP contribution in [0.4, 0.5) is 0 Å². The molecule has 1 aromatic carbocycles. The van der Waals surface area contributed by atoms with Gasteiger partial charge in [-0.05, 0) is 12.1 Å². The van der Waals surface area contributed by atoms with Crippen molar-refractivity contribution in [3.8, 4) is 5.75 Å². The fourth-order valence-electron chi connectivity index (χ4n) is 1.91. The topological polar surface area (TPSA) is 22.1 Å². The molecule has 0 N–H and O–H groups in total. The highest BCUT2D eigenvalue weighted by molar-refractivity contribution is 6.21. The second kappa shape index (κ2) is 3.95. The van der Waals surface area contributed by atoms with Crippen molar-refractivity contribution in [2.75, 3.05) is 0 Å². The monoisotopic (exact) mass is 233 g/mol. The summed E-state index contributed by atoms with van der Waals surface area (Å²) in [5.74, 6) is 0.840. The molecule has 1 aliphatic carbocycles. The number of hydrogen-bond acceptors (Lipinski definition) is 2. The second-order valence-electron chi connectivity index (χ2n) is 4.17. The van der Waals surface area contributed by atoms with E-state index >= 15 is 0 Å². The minimum absolute atomic E-state index is 0.269. The van der Waals surface area contributed by atoms with E-state index in [1.165, 1.54) is 0 Å². The van der Waals surface area contributed by atoms with E-state index in [0.717, 1.165) is 29.5 Å². The van der Waals surface area contributed by atoms with Gasteiger partial charge in [-0.3, -0.25) is 4.98 Å². The van der Waals surface area contributed by atoms with Crippen molar-refractivity contribution in [1.29, 1.82) is 0 Å². The van der Waals surface area contributed by atoms with Gasteiger partial charge in [0.2, 0.25) is 0 Å². The number of aromatic nitrogens is 1. The summed E-state index contributed by atoms with van der Waals surface area (Å²) < 4.78 is 5.78. The molecule has 0 saturated heterocycles. The summed E-state index contributed by atoms with van der Waals surface area (Å²) in [6.07, 6.45) is 3.93. The van der Waals surface area contributed by atoms with E-state index in [9.17, 15) is 0 Å². The highest BCUT2D eigenvalue weighted by atomic mass is 35.5. The number of hydrogen-bond donors (Lipinski definition) is 0. The molecular weight excluding hydrogens is 222 g/mol. The van der Waals surface area contributed by atoms with Crippen LogP contribution >= 0.6 is 11.6 Å². The van der Waals surface area contributed by atoms with Gasteiger partial charge in [0.1, 0.15) is 11.9 Å². The van der Waals surface area contributed by atoms with Crippen molar-refractivity contribution in [3.63, 3.8) is 0 Å². The van der Waals surface area contributed by atoms with E-state index in [1.807, 2.05) is 30.3 Å². The lowest BCUT2D eigenvalue weighted by Gasteiger charge is -2.31. The van der Waals surface area contributed by atoms with Gasteiger partial charge in [-0.2, -0.15) is 0 Å². The van der Waals surface area contributed by atoms with Crippen LogP contribution in [0.5, 0.6) is 5.75 Å². The molecule has 1 aliphatic rings. The number of nitrogens with zero attached hydrogens (tertiary/aromatic N) is 1. The van der Waals surface area contributed by atoms with Crippen LogP contribution < -0.4 is 4.74 Å². The van der Waals surface area contributed by atoms with E-state index in [4.69, 9.17) is 16.3 Å². The lowest BCUT2D eigenvalue weighted by Crippen LogP contribution is -2.34. The first-order valence-electron chi connectivity index (χ1n) is 5.47. The van der Waals surface area contributed by atoms with E-state index < -0.39 is 0 Å². The summed E-state index contributed by atoms with van der Waals surface area (Å²) in [5.41, 5.74) is 0.999. The Bertz CT molecular complexity index is 508. The van der Waals surface area contributed by atoms with Crippen molar-refractivity contribution < 1.29 is 4.74 Å². The summed E-state index contributed by atoms with van der Waals surface area (Å²) in [6.45, 7) is 0. The number of halogens is 1. The molecule has 82 valence electrons. The van der Waals surface area contributed by atoms with Crippen molar-refractivity contribution >= 4 is 22.5 Å². The number of fused-ring (bicyclic) bond motifs is 1. The molecule has 2 nitrogen and oxygen atoms in total. The molecule has 2 aromatic rings. The lowest BCUT2D eigenvalue weighted by molar-refractivity contribution is 0.124. The Morgan fingerprint density at radius 1 is 1.25 bits per heavy atom. The van der Waals surface area contributed by atoms with Crippen LogP contribution in [-0.4, -0.2) is 16.5 Å². The molecule has 0 unspecified atom stereocenters. The zero-order valence-electron chi connectivity index (χ0n) is 8.77. The zero-order valence-corrected chi connectivity index (χ0v) is 9.52. The van der Waals surface area contributed by atoms with Crippen LogP contribution in [-0.2, 0) is 0 Å². The molecule has 1 fully saturated rings. The molecule has 0 atom stereocenters. The van der Waals surface area contributed by atoms with Crippen LogP contribution in [0.1, 0.15) is 12.8 Å². The molecule has 3 rings (SSSR count). The van der Waals surface area contributed by atoms with Crippen LogP contribution in [0.25, 0.3) is 10.9 Å². The van der Waals surface area contributed by atoms with Crippen LogP contribution in [0.3, 0.4) is 0 Å². The van der Waals surface area contributed by atoms with E-state index in [0.29, 0.717) is 5.38 Å². The summed E-state index contributed by atoms with van der Waals surface area (Å²) in [7, 11) is 0. The predicted molar refractivity (Wildman–Crippen MR) is 65.0 cm³/mol. The standard InChI is InChI=1S/C13H12ClNO/c14-10-6-11(7-10)16-12-5-9-3-1-2-4-13(9)15-8-12/h1-5,8,10-11H,6-7H2. The first kappa shape index (κ1) is 9.91. The quantitative estimate of drug-likeness (QED) is 0.742. The van der Waals surface area contributed by atoms with E-state index in [2.05, 4.69) is 4.98 Å². The maximum absolute atomic E-state index is 5.91. The molecule has 0 bridgehead atoms.